The fraction of sp³-hybridized carbons (Fsp3) is 0.571. The fourth-order valence-electron chi connectivity index (χ4n) is 3.89. The predicted octanol–water partition coefficient (Wildman–Crippen LogP) is 3.76. The van der Waals surface area contributed by atoms with Gasteiger partial charge in [0, 0.05) is 19.7 Å². The summed E-state index contributed by atoms with van der Waals surface area (Å²) in [7, 11) is -3.85. The van der Waals surface area contributed by atoms with Crippen LogP contribution in [0.2, 0.25) is 0 Å². The van der Waals surface area contributed by atoms with Crippen molar-refractivity contribution in [3.8, 4) is 0 Å². The van der Waals surface area contributed by atoms with Crippen LogP contribution in [0.1, 0.15) is 50.6 Å². The second kappa shape index (κ2) is 8.16. The van der Waals surface area contributed by atoms with E-state index in [1.54, 1.807) is 30.7 Å². The number of halogens is 1. The average Bonchev–Trinajstić information content (AvgIpc) is 3.21. The van der Waals surface area contributed by atoms with Crippen molar-refractivity contribution in [1.82, 2.24) is 14.1 Å². The van der Waals surface area contributed by atoms with Crippen LogP contribution in [0, 0.1) is 19.7 Å². The van der Waals surface area contributed by atoms with E-state index in [9.17, 15) is 12.8 Å². The van der Waals surface area contributed by atoms with Crippen LogP contribution in [0.15, 0.2) is 29.2 Å². The first kappa shape index (κ1) is 21.9. The van der Waals surface area contributed by atoms with Crippen molar-refractivity contribution in [2.75, 3.05) is 13.2 Å². The van der Waals surface area contributed by atoms with E-state index in [0.29, 0.717) is 23.6 Å². The quantitative estimate of drug-likeness (QED) is 0.710. The number of benzene rings is 1. The van der Waals surface area contributed by atoms with Gasteiger partial charge in [0.1, 0.15) is 10.7 Å². The SMILES string of the molecule is Cc1nn(C(C)(C)C)c(C)c1S(=O)(=O)N(Cc1cccc(F)c1)CC1CCCO1. The molecule has 6 nitrogen and oxygen atoms in total. The summed E-state index contributed by atoms with van der Waals surface area (Å²) in [5.74, 6) is -0.384. The average molecular weight is 424 g/mol. The molecule has 0 saturated carbocycles. The number of nitrogens with zero attached hydrogens (tertiary/aromatic N) is 3. The number of aromatic nitrogens is 2. The van der Waals surface area contributed by atoms with Gasteiger partial charge < -0.3 is 4.74 Å². The largest absolute Gasteiger partial charge is 0.377 e. The van der Waals surface area contributed by atoms with Gasteiger partial charge >= 0.3 is 0 Å². The zero-order valence-corrected chi connectivity index (χ0v) is 18.6. The fourth-order valence-corrected chi connectivity index (χ4v) is 5.70. The minimum atomic E-state index is -3.85. The lowest BCUT2D eigenvalue weighted by molar-refractivity contribution is 0.0925. The molecule has 3 rings (SSSR count). The lowest BCUT2D eigenvalue weighted by Gasteiger charge is -2.26. The molecule has 0 spiro atoms. The Morgan fingerprint density at radius 3 is 2.59 bits per heavy atom. The Morgan fingerprint density at radius 1 is 1.31 bits per heavy atom. The topological polar surface area (TPSA) is 64.4 Å². The molecule has 1 aliphatic rings. The molecule has 1 saturated heterocycles. The van der Waals surface area contributed by atoms with Crippen molar-refractivity contribution in [3.63, 3.8) is 0 Å². The van der Waals surface area contributed by atoms with Gasteiger partial charge in [0.05, 0.1) is 23.0 Å². The van der Waals surface area contributed by atoms with Crippen LogP contribution in [-0.4, -0.2) is 41.8 Å². The Hall–Kier alpha value is -1.77. The van der Waals surface area contributed by atoms with Crippen molar-refractivity contribution < 1.29 is 17.5 Å². The molecule has 2 heterocycles. The molecule has 1 fully saturated rings. The predicted molar refractivity (Wildman–Crippen MR) is 110 cm³/mol. The standard InChI is InChI=1S/C21H30FN3O3S/c1-15-20(16(2)25(23-15)21(3,4)5)29(26,27)24(14-19-10-7-11-28-19)13-17-8-6-9-18(22)12-17/h6,8-9,12,19H,7,10-11,13-14H2,1-5H3. The van der Waals surface area contributed by atoms with Crippen LogP contribution < -0.4 is 0 Å². The maximum Gasteiger partial charge on any atom is 0.247 e. The van der Waals surface area contributed by atoms with Crippen LogP contribution in [-0.2, 0) is 26.8 Å². The molecule has 0 amide bonds. The first-order valence-corrected chi connectivity index (χ1v) is 11.4. The molecule has 0 radical (unpaired) electrons. The molecule has 0 N–H and O–H groups in total. The molecule has 29 heavy (non-hydrogen) atoms. The number of hydrogen-bond acceptors (Lipinski definition) is 4. The third-order valence-corrected chi connectivity index (χ3v) is 7.20. The smallest absolute Gasteiger partial charge is 0.247 e. The van der Waals surface area contributed by atoms with E-state index in [0.717, 1.165) is 12.8 Å². The number of sulfonamides is 1. The number of rotatable bonds is 6. The summed E-state index contributed by atoms with van der Waals surface area (Å²) >= 11 is 0. The Balaban J connectivity index is 2.02. The first-order chi connectivity index (χ1) is 13.5. The molecule has 0 aliphatic carbocycles. The van der Waals surface area contributed by atoms with Gasteiger partial charge in [-0.05, 0) is 65.2 Å². The van der Waals surface area contributed by atoms with Crippen LogP contribution in [0.3, 0.4) is 0 Å². The van der Waals surface area contributed by atoms with Crippen molar-refractivity contribution in [3.05, 3.63) is 47.0 Å². The highest BCUT2D eigenvalue weighted by molar-refractivity contribution is 7.89. The third-order valence-electron chi connectivity index (χ3n) is 5.14. The number of ether oxygens (including phenoxy) is 1. The van der Waals surface area contributed by atoms with E-state index in [1.807, 2.05) is 20.8 Å². The second-order valence-electron chi connectivity index (χ2n) is 8.65. The van der Waals surface area contributed by atoms with Crippen LogP contribution in [0.25, 0.3) is 0 Å². The summed E-state index contributed by atoms with van der Waals surface area (Å²) < 4.78 is 50.0. The number of hydrogen-bond donors (Lipinski definition) is 0. The molecule has 8 heteroatoms. The highest BCUT2D eigenvalue weighted by atomic mass is 32.2. The molecule has 1 atom stereocenters. The van der Waals surface area contributed by atoms with E-state index in [1.165, 1.54) is 16.4 Å². The summed E-state index contributed by atoms with van der Waals surface area (Å²) in [6.45, 7) is 10.4. The summed E-state index contributed by atoms with van der Waals surface area (Å²) in [6, 6.07) is 6.05. The van der Waals surface area contributed by atoms with Crippen LogP contribution in [0.4, 0.5) is 4.39 Å². The molecule has 2 aromatic rings. The molecule has 1 unspecified atom stereocenters. The van der Waals surface area contributed by atoms with E-state index in [-0.39, 0.29) is 35.4 Å². The van der Waals surface area contributed by atoms with Crippen molar-refractivity contribution in [2.24, 2.45) is 0 Å². The first-order valence-electron chi connectivity index (χ1n) is 9.93. The molecular formula is C21H30FN3O3S. The van der Waals surface area contributed by atoms with Gasteiger partial charge in [0.25, 0.3) is 0 Å². The van der Waals surface area contributed by atoms with E-state index >= 15 is 0 Å². The summed E-state index contributed by atoms with van der Waals surface area (Å²) in [4.78, 5) is 0.224. The summed E-state index contributed by atoms with van der Waals surface area (Å²) in [5.41, 5.74) is 1.33. The molecular weight excluding hydrogens is 393 g/mol. The monoisotopic (exact) mass is 423 g/mol. The lowest BCUT2D eigenvalue weighted by atomic mass is 10.1. The van der Waals surface area contributed by atoms with Gasteiger partial charge in [-0.15, -0.1) is 0 Å². The molecule has 1 aliphatic heterocycles. The maximum atomic E-state index is 13.7. The molecule has 1 aromatic carbocycles. The minimum Gasteiger partial charge on any atom is -0.377 e. The zero-order valence-electron chi connectivity index (χ0n) is 17.8. The molecule has 160 valence electrons. The van der Waals surface area contributed by atoms with Gasteiger partial charge in [-0.25, -0.2) is 12.8 Å². The van der Waals surface area contributed by atoms with E-state index in [2.05, 4.69) is 5.10 Å². The Labute approximate surface area is 172 Å². The Bertz CT molecular complexity index is 974. The van der Waals surface area contributed by atoms with Crippen LogP contribution in [0.5, 0.6) is 0 Å². The molecule has 0 bridgehead atoms. The van der Waals surface area contributed by atoms with E-state index in [4.69, 9.17) is 4.74 Å². The molecule has 1 aromatic heterocycles. The zero-order chi connectivity index (χ0) is 21.4. The minimum absolute atomic E-state index is 0.0829. The third kappa shape index (κ3) is 4.70. The summed E-state index contributed by atoms with van der Waals surface area (Å²) in [6.07, 6.45) is 1.57. The maximum absolute atomic E-state index is 13.7. The normalized spacial score (nSPS) is 18.0. The van der Waals surface area contributed by atoms with Gasteiger partial charge in [0.15, 0.2) is 0 Å². The number of aryl methyl sites for hydroxylation is 1. The van der Waals surface area contributed by atoms with Crippen molar-refractivity contribution in [2.45, 2.75) is 70.5 Å². The summed E-state index contributed by atoms with van der Waals surface area (Å²) in [5, 5.41) is 4.50. The van der Waals surface area contributed by atoms with E-state index < -0.39 is 10.0 Å². The van der Waals surface area contributed by atoms with Gasteiger partial charge in [0.2, 0.25) is 10.0 Å². The van der Waals surface area contributed by atoms with Crippen molar-refractivity contribution in [1.29, 1.82) is 0 Å². The highest BCUT2D eigenvalue weighted by Crippen LogP contribution is 2.29. The van der Waals surface area contributed by atoms with Gasteiger partial charge in [-0.3, -0.25) is 4.68 Å². The van der Waals surface area contributed by atoms with Gasteiger partial charge in [-0.1, -0.05) is 12.1 Å². The second-order valence-corrected chi connectivity index (χ2v) is 10.5. The lowest BCUT2D eigenvalue weighted by Crippen LogP contribution is -2.37. The van der Waals surface area contributed by atoms with Gasteiger partial charge in [-0.2, -0.15) is 9.40 Å². The van der Waals surface area contributed by atoms with Crippen LogP contribution >= 0.6 is 0 Å². The Morgan fingerprint density at radius 2 is 2.03 bits per heavy atom. The Kier molecular flexibility index (Phi) is 6.17. The van der Waals surface area contributed by atoms with Crippen molar-refractivity contribution >= 4 is 10.0 Å². The highest BCUT2D eigenvalue weighted by Gasteiger charge is 2.35.